The molecule has 3 rings (SSSR count). The van der Waals surface area contributed by atoms with Crippen LogP contribution in [0.1, 0.15) is 13.3 Å². The molecule has 1 unspecified atom stereocenters. The molecule has 0 bridgehead atoms. The molecule has 1 atom stereocenters. The summed E-state index contributed by atoms with van der Waals surface area (Å²) in [6.07, 6.45) is 0.162. The first-order chi connectivity index (χ1) is 14.9. The quantitative estimate of drug-likeness (QED) is 0.677. The van der Waals surface area contributed by atoms with Crippen molar-refractivity contribution in [3.63, 3.8) is 0 Å². The van der Waals surface area contributed by atoms with Crippen LogP contribution in [0.5, 0.6) is 5.75 Å². The van der Waals surface area contributed by atoms with E-state index in [4.69, 9.17) is 16.3 Å². The fourth-order valence-electron chi connectivity index (χ4n) is 3.13. The Labute approximate surface area is 185 Å². The van der Waals surface area contributed by atoms with Crippen molar-refractivity contribution in [3.8, 4) is 17.6 Å². The van der Waals surface area contributed by atoms with Crippen molar-refractivity contribution in [2.75, 3.05) is 29.9 Å². The van der Waals surface area contributed by atoms with E-state index < -0.39 is 5.92 Å². The Morgan fingerprint density at radius 3 is 2.71 bits per heavy atom. The van der Waals surface area contributed by atoms with Gasteiger partial charge in [0.15, 0.2) is 0 Å². The summed E-state index contributed by atoms with van der Waals surface area (Å²) in [6, 6.07) is 13.9. The smallest absolute Gasteiger partial charge is 0.227 e. The molecule has 1 heterocycles. The van der Waals surface area contributed by atoms with Gasteiger partial charge in [0, 0.05) is 42.4 Å². The average molecular weight is 440 g/mol. The number of hydrogen-bond donors (Lipinski definition) is 2. The molecule has 0 spiro atoms. The van der Waals surface area contributed by atoms with Crippen molar-refractivity contribution >= 4 is 40.7 Å². The van der Waals surface area contributed by atoms with Crippen molar-refractivity contribution in [1.29, 1.82) is 0 Å². The first kappa shape index (κ1) is 22.2. The van der Waals surface area contributed by atoms with Crippen LogP contribution in [0.2, 0.25) is 5.02 Å². The van der Waals surface area contributed by atoms with E-state index in [1.807, 2.05) is 0 Å². The highest BCUT2D eigenvalue weighted by Crippen LogP contribution is 2.26. The molecule has 0 radical (unpaired) electrons. The maximum atomic E-state index is 12.4. The van der Waals surface area contributed by atoms with Crippen LogP contribution in [0, 0.1) is 17.8 Å². The molecule has 1 saturated heterocycles. The van der Waals surface area contributed by atoms with Gasteiger partial charge < -0.3 is 20.3 Å². The third-order valence-corrected chi connectivity index (χ3v) is 4.83. The van der Waals surface area contributed by atoms with Gasteiger partial charge in [0.1, 0.15) is 12.4 Å². The highest BCUT2D eigenvalue weighted by molar-refractivity contribution is 6.30. The summed E-state index contributed by atoms with van der Waals surface area (Å²) in [4.78, 5) is 37.3. The van der Waals surface area contributed by atoms with Gasteiger partial charge in [-0.3, -0.25) is 14.4 Å². The summed E-state index contributed by atoms with van der Waals surface area (Å²) in [7, 11) is 0. The number of anilines is 2. The van der Waals surface area contributed by atoms with Gasteiger partial charge in [0.05, 0.1) is 12.5 Å². The van der Waals surface area contributed by atoms with Crippen LogP contribution < -0.4 is 20.3 Å². The van der Waals surface area contributed by atoms with E-state index in [9.17, 15) is 14.4 Å². The Balaban J connectivity index is 1.42. The van der Waals surface area contributed by atoms with Gasteiger partial charge in [-0.25, -0.2) is 0 Å². The number of carbonyl (C=O) groups excluding carboxylic acids is 3. The van der Waals surface area contributed by atoms with Crippen molar-refractivity contribution in [1.82, 2.24) is 5.32 Å². The van der Waals surface area contributed by atoms with Crippen LogP contribution in [-0.2, 0) is 14.4 Å². The van der Waals surface area contributed by atoms with Crippen molar-refractivity contribution in [3.05, 3.63) is 53.6 Å². The second kappa shape index (κ2) is 10.5. The van der Waals surface area contributed by atoms with Crippen LogP contribution in [0.25, 0.3) is 0 Å². The summed E-state index contributed by atoms with van der Waals surface area (Å²) in [5, 5.41) is 6.01. The third kappa shape index (κ3) is 6.49. The molecule has 2 N–H and O–H groups in total. The van der Waals surface area contributed by atoms with Gasteiger partial charge >= 0.3 is 0 Å². The summed E-state index contributed by atoms with van der Waals surface area (Å²) >= 11 is 5.88. The molecule has 2 aromatic carbocycles. The molecule has 1 fully saturated rings. The van der Waals surface area contributed by atoms with Crippen LogP contribution in [0.3, 0.4) is 0 Å². The molecule has 0 aliphatic carbocycles. The number of ether oxygens (including phenoxy) is 1. The van der Waals surface area contributed by atoms with Crippen molar-refractivity contribution in [2.24, 2.45) is 5.92 Å². The second-order valence-electron chi connectivity index (χ2n) is 6.95. The van der Waals surface area contributed by atoms with E-state index in [0.717, 1.165) is 5.69 Å². The molecule has 3 amide bonds. The third-order valence-electron chi connectivity index (χ3n) is 4.58. The number of carbonyl (C=O) groups is 3. The molecule has 160 valence electrons. The zero-order valence-electron chi connectivity index (χ0n) is 17.0. The second-order valence-corrected chi connectivity index (χ2v) is 7.39. The molecular formula is C23H22ClN3O4. The molecule has 2 aromatic rings. The van der Waals surface area contributed by atoms with Crippen LogP contribution in [0.15, 0.2) is 48.5 Å². The Hall–Kier alpha value is -3.50. The van der Waals surface area contributed by atoms with Gasteiger partial charge in [-0.1, -0.05) is 29.5 Å². The maximum absolute atomic E-state index is 12.4. The van der Waals surface area contributed by atoms with E-state index in [1.165, 1.54) is 6.92 Å². The van der Waals surface area contributed by atoms with Crippen molar-refractivity contribution < 1.29 is 19.1 Å². The number of nitrogens with one attached hydrogen (secondary N) is 2. The van der Waals surface area contributed by atoms with E-state index in [1.54, 1.807) is 53.4 Å². The number of benzene rings is 2. The molecule has 8 heteroatoms. The Kier molecular flexibility index (Phi) is 7.52. The van der Waals surface area contributed by atoms with Gasteiger partial charge in [-0.2, -0.15) is 0 Å². The van der Waals surface area contributed by atoms with Crippen LogP contribution >= 0.6 is 11.6 Å². The lowest BCUT2D eigenvalue weighted by atomic mass is 10.1. The zero-order valence-corrected chi connectivity index (χ0v) is 17.7. The molecular weight excluding hydrogens is 418 g/mol. The summed E-state index contributed by atoms with van der Waals surface area (Å²) in [5.74, 6) is 5.35. The lowest BCUT2D eigenvalue weighted by Crippen LogP contribution is -2.33. The van der Waals surface area contributed by atoms with E-state index >= 15 is 0 Å². The van der Waals surface area contributed by atoms with Gasteiger partial charge in [-0.15, -0.1) is 0 Å². The Morgan fingerprint density at radius 2 is 1.97 bits per heavy atom. The molecule has 7 nitrogen and oxygen atoms in total. The molecule has 0 aromatic heterocycles. The summed E-state index contributed by atoms with van der Waals surface area (Å²) in [5.41, 5.74) is 1.37. The minimum Gasteiger partial charge on any atom is -0.481 e. The first-order valence-corrected chi connectivity index (χ1v) is 10.1. The fourth-order valence-corrected chi connectivity index (χ4v) is 3.26. The van der Waals surface area contributed by atoms with Crippen LogP contribution in [-0.4, -0.2) is 37.4 Å². The SMILES string of the molecule is CC(=O)Nc1cccc(OCC#CCNC(=O)C2CC(=O)N(c3ccc(Cl)cc3)C2)c1. The lowest BCUT2D eigenvalue weighted by molar-refractivity contribution is -0.126. The maximum Gasteiger partial charge on any atom is 0.227 e. The number of amides is 3. The molecule has 1 aliphatic heterocycles. The normalized spacial score (nSPS) is 15.1. The molecule has 1 aliphatic rings. The standard InChI is InChI=1S/C23H22ClN3O4/c1-16(28)26-19-5-4-6-21(14-19)31-12-3-2-11-25-23(30)17-13-22(29)27(15-17)20-9-7-18(24)8-10-20/h4-10,14,17H,11-13,15H2,1H3,(H,25,30)(H,26,28). The zero-order chi connectivity index (χ0) is 22.2. The van der Waals surface area contributed by atoms with Gasteiger partial charge in [0.2, 0.25) is 17.7 Å². The molecule has 0 saturated carbocycles. The lowest BCUT2D eigenvalue weighted by Gasteiger charge is -2.16. The number of halogens is 1. The Bertz CT molecular complexity index is 1030. The van der Waals surface area contributed by atoms with Gasteiger partial charge in [-0.05, 0) is 36.4 Å². The highest BCUT2D eigenvalue weighted by atomic mass is 35.5. The minimum absolute atomic E-state index is 0.0940. The number of nitrogens with zero attached hydrogens (tertiary/aromatic N) is 1. The van der Waals surface area contributed by atoms with Crippen LogP contribution in [0.4, 0.5) is 11.4 Å². The monoisotopic (exact) mass is 439 g/mol. The van der Waals surface area contributed by atoms with E-state index in [-0.39, 0.29) is 37.3 Å². The summed E-state index contributed by atoms with van der Waals surface area (Å²) < 4.78 is 5.52. The molecule has 31 heavy (non-hydrogen) atoms. The predicted molar refractivity (Wildman–Crippen MR) is 119 cm³/mol. The highest BCUT2D eigenvalue weighted by Gasteiger charge is 2.34. The topological polar surface area (TPSA) is 87.7 Å². The fraction of sp³-hybridized carbons (Fsp3) is 0.261. The first-order valence-electron chi connectivity index (χ1n) is 9.72. The number of rotatable bonds is 6. The summed E-state index contributed by atoms with van der Waals surface area (Å²) in [6.45, 7) is 2.07. The number of hydrogen-bond acceptors (Lipinski definition) is 4. The Morgan fingerprint density at radius 1 is 1.19 bits per heavy atom. The largest absolute Gasteiger partial charge is 0.481 e. The average Bonchev–Trinajstić information content (AvgIpc) is 3.12. The van der Waals surface area contributed by atoms with Crippen molar-refractivity contribution in [2.45, 2.75) is 13.3 Å². The van der Waals surface area contributed by atoms with E-state index in [2.05, 4.69) is 22.5 Å². The predicted octanol–water partition coefficient (Wildman–Crippen LogP) is 2.85. The van der Waals surface area contributed by atoms with Gasteiger partial charge in [0.25, 0.3) is 0 Å². The minimum atomic E-state index is -0.419. The van der Waals surface area contributed by atoms with E-state index in [0.29, 0.717) is 23.0 Å².